The van der Waals surface area contributed by atoms with Crippen LogP contribution in [0.5, 0.6) is 0 Å². The molecule has 5 heteroatoms. The van der Waals surface area contributed by atoms with Crippen LogP contribution >= 0.6 is 0 Å². The van der Waals surface area contributed by atoms with Crippen molar-refractivity contribution in [2.75, 3.05) is 5.32 Å². The Morgan fingerprint density at radius 1 is 1.35 bits per heavy atom. The fourth-order valence-corrected chi connectivity index (χ4v) is 1.61. The summed E-state index contributed by atoms with van der Waals surface area (Å²) in [7, 11) is 0. The molecule has 0 aliphatic rings. The molecule has 0 amide bonds. The van der Waals surface area contributed by atoms with Crippen molar-refractivity contribution in [1.82, 2.24) is 0 Å². The van der Waals surface area contributed by atoms with Gasteiger partial charge in [-0.1, -0.05) is 24.8 Å². The van der Waals surface area contributed by atoms with Crippen LogP contribution in [-0.4, -0.2) is 0 Å². The molecule has 3 N–H and O–H groups in total. The maximum Gasteiger partial charge on any atom is 0.416 e. The van der Waals surface area contributed by atoms with E-state index in [0.717, 1.165) is 6.07 Å². The van der Waals surface area contributed by atoms with E-state index in [4.69, 9.17) is 5.73 Å². The van der Waals surface area contributed by atoms with E-state index >= 15 is 0 Å². The number of allylic oxidation sites excluding steroid dienone is 3. The Morgan fingerprint density at radius 2 is 2.00 bits per heavy atom. The summed E-state index contributed by atoms with van der Waals surface area (Å²) in [5.41, 5.74) is 6.24. The predicted molar refractivity (Wildman–Crippen MR) is 76.0 cm³/mol. The van der Waals surface area contributed by atoms with Gasteiger partial charge < -0.3 is 11.1 Å². The summed E-state index contributed by atoms with van der Waals surface area (Å²) in [6.07, 6.45) is 0.755. The summed E-state index contributed by atoms with van der Waals surface area (Å²) in [6.45, 7) is 6.95. The van der Waals surface area contributed by atoms with Crippen molar-refractivity contribution in [2.24, 2.45) is 5.73 Å². The normalized spacial score (nSPS) is 12.8. The van der Waals surface area contributed by atoms with E-state index in [2.05, 4.69) is 11.9 Å². The quantitative estimate of drug-likeness (QED) is 0.805. The van der Waals surface area contributed by atoms with Gasteiger partial charge in [-0.05, 0) is 37.6 Å². The van der Waals surface area contributed by atoms with Crippen LogP contribution in [0.4, 0.5) is 18.9 Å². The summed E-state index contributed by atoms with van der Waals surface area (Å²) in [5.74, 6) is 0. The highest BCUT2D eigenvalue weighted by Gasteiger charge is 2.32. The van der Waals surface area contributed by atoms with Gasteiger partial charge in [0.25, 0.3) is 0 Å². The molecule has 1 aromatic rings. The second kappa shape index (κ2) is 6.32. The Labute approximate surface area is 116 Å². The molecule has 0 bridgehead atoms. The molecule has 1 aromatic carbocycles. The number of nitrogens with one attached hydrogen (secondary N) is 1. The van der Waals surface area contributed by atoms with Gasteiger partial charge in [0, 0.05) is 5.69 Å². The third kappa shape index (κ3) is 3.91. The summed E-state index contributed by atoms with van der Waals surface area (Å²) < 4.78 is 38.4. The molecule has 0 unspecified atom stereocenters. The number of benzene rings is 1. The number of alkyl halides is 3. The van der Waals surface area contributed by atoms with E-state index in [1.165, 1.54) is 13.0 Å². The third-order valence-electron chi connectivity index (χ3n) is 2.74. The molecule has 0 radical (unpaired) electrons. The van der Waals surface area contributed by atoms with Gasteiger partial charge in [-0.25, -0.2) is 0 Å². The van der Waals surface area contributed by atoms with Crippen LogP contribution in [0.2, 0.25) is 0 Å². The van der Waals surface area contributed by atoms with Crippen molar-refractivity contribution in [3.8, 4) is 0 Å². The Balaban J connectivity index is 3.03. The number of hydrogen-bond donors (Lipinski definition) is 2. The van der Waals surface area contributed by atoms with Crippen molar-refractivity contribution in [3.05, 3.63) is 65.5 Å². The molecule has 108 valence electrons. The van der Waals surface area contributed by atoms with Crippen molar-refractivity contribution in [2.45, 2.75) is 20.0 Å². The summed E-state index contributed by atoms with van der Waals surface area (Å²) in [5, 5.41) is 2.81. The fraction of sp³-hybridized carbons (Fsp3) is 0.200. The van der Waals surface area contributed by atoms with Crippen LogP contribution in [-0.2, 0) is 6.18 Å². The Bertz CT molecular complexity index is 555. The van der Waals surface area contributed by atoms with E-state index in [-0.39, 0.29) is 5.56 Å². The van der Waals surface area contributed by atoms with Crippen LogP contribution in [0.25, 0.3) is 0 Å². The largest absolute Gasteiger partial charge is 0.416 e. The molecule has 0 atom stereocenters. The molecule has 0 saturated heterocycles. The second-order valence-electron chi connectivity index (χ2n) is 4.23. The third-order valence-corrected chi connectivity index (χ3v) is 2.74. The number of halogens is 3. The first kappa shape index (κ1) is 15.9. The number of nitrogens with two attached hydrogens (primary N) is 1. The van der Waals surface area contributed by atoms with E-state index in [0.29, 0.717) is 17.1 Å². The van der Waals surface area contributed by atoms with Gasteiger partial charge in [-0.15, -0.1) is 0 Å². The standard InChI is InChI=1S/C15H17F3N2/c1-4-5-8-13(19)11(3)20-14-9-6-7-12(10(14)2)15(16,17)18/h4-9,20H,3,19H2,1-2H3/b5-4-,13-8+. The van der Waals surface area contributed by atoms with Gasteiger partial charge in [-0.2, -0.15) is 13.2 Å². The zero-order valence-electron chi connectivity index (χ0n) is 11.4. The van der Waals surface area contributed by atoms with Crippen LogP contribution in [0, 0.1) is 6.92 Å². The summed E-state index contributed by atoms with van der Waals surface area (Å²) in [4.78, 5) is 0. The molecule has 0 heterocycles. The molecule has 1 rings (SSSR count). The Hall–Kier alpha value is -2.17. The van der Waals surface area contributed by atoms with Crippen molar-refractivity contribution in [3.63, 3.8) is 0 Å². The van der Waals surface area contributed by atoms with Crippen LogP contribution in [0.1, 0.15) is 18.1 Å². The lowest BCUT2D eigenvalue weighted by Crippen LogP contribution is -2.12. The summed E-state index contributed by atoms with van der Waals surface area (Å²) in [6, 6.07) is 3.94. The van der Waals surface area contributed by atoms with Crippen LogP contribution < -0.4 is 11.1 Å². The molecule has 0 aliphatic heterocycles. The van der Waals surface area contributed by atoms with Gasteiger partial charge in [0.2, 0.25) is 0 Å². The lowest BCUT2D eigenvalue weighted by Gasteiger charge is -2.16. The maximum absolute atomic E-state index is 12.8. The molecule has 0 aromatic heterocycles. The molecule has 0 aliphatic carbocycles. The smallest absolute Gasteiger partial charge is 0.397 e. The zero-order valence-corrected chi connectivity index (χ0v) is 11.4. The minimum absolute atomic E-state index is 0.111. The zero-order chi connectivity index (χ0) is 15.3. The van der Waals surface area contributed by atoms with Crippen molar-refractivity contribution < 1.29 is 13.2 Å². The first-order valence-electron chi connectivity index (χ1n) is 5.99. The lowest BCUT2D eigenvalue weighted by atomic mass is 10.1. The van der Waals surface area contributed by atoms with Gasteiger partial charge in [-0.3, -0.25) is 0 Å². The fourth-order valence-electron chi connectivity index (χ4n) is 1.61. The predicted octanol–water partition coefficient (Wildman–Crippen LogP) is 4.36. The average Bonchev–Trinajstić information content (AvgIpc) is 2.36. The first-order valence-corrected chi connectivity index (χ1v) is 5.99. The second-order valence-corrected chi connectivity index (χ2v) is 4.23. The molecular formula is C15H17F3N2. The van der Waals surface area contributed by atoms with Crippen LogP contribution in [0.15, 0.2) is 54.4 Å². The topological polar surface area (TPSA) is 38.0 Å². The highest BCUT2D eigenvalue weighted by atomic mass is 19.4. The van der Waals surface area contributed by atoms with Gasteiger partial charge >= 0.3 is 6.18 Å². The highest BCUT2D eigenvalue weighted by molar-refractivity contribution is 5.60. The molecular weight excluding hydrogens is 265 g/mol. The minimum Gasteiger partial charge on any atom is -0.397 e. The molecule has 0 saturated carbocycles. The molecule has 0 fully saturated rings. The number of rotatable bonds is 4. The van der Waals surface area contributed by atoms with Crippen molar-refractivity contribution >= 4 is 5.69 Å². The van der Waals surface area contributed by atoms with Gasteiger partial charge in [0.1, 0.15) is 0 Å². The molecule has 20 heavy (non-hydrogen) atoms. The number of anilines is 1. The Morgan fingerprint density at radius 3 is 2.55 bits per heavy atom. The van der Waals surface area contributed by atoms with Crippen LogP contribution in [0.3, 0.4) is 0 Å². The lowest BCUT2D eigenvalue weighted by molar-refractivity contribution is -0.138. The van der Waals surface area contributed by atoms with E-state index < -0.39 is 11.7 Å². The maximum atomic E-state index is 12.8. The Kier molecular flexibility index (Phi) is 5.02. The van der Waals surface area contributed by atoms with E-state index in [1.807, 2.05) is 6.92 Å². The van der Waals surface area contributed by atoms with Gasteiger partial charge in [0.05, 0.1) is 17.0 Å². The monoisotopic (exact) mass is 282 g/mol. The summed E-state index contributed by atoms with van der Waals surface area (Å²) >= 11 is 0. The SMILES string of the molecule is C=C(Nc1cccc(C(F)(F)F)c1C)/C(N)=C\C=C/C. The van der Waals surface area contributed by atoms with Gasteiger partial charge in [0.15, 0.2) is 0 Å². The first-order chi connectivity index (χ1) is 9.27. The van der Waals surface area contributed by atoms with E-state index in [1.54, 1.807) is 24.3 Å². The molecule has 2 nitrogen and oxygen atoms in total. The molecule has 0 spiro atoms. The van der Waals surface area contributed by atoms with Crippen molar-refractivity contribution in [1.29, 1.82) is 0 Å². The van der Waals surface area contributed by atoms with E-state index in [9.17, 15) is 13.2 Å². The average molecular weight is 282 g/mol. The highest BCUT2D eigenvalue weighted by Crippen LogP contribution is 2.34. The number of hydrogen-bond acceptors (Lipinski definition) is 2. The minimum atomic E-state index is -4.38.